The lowest BCUT2D eigenvalue weighted by molar-refractivity contribution is -0.119. The van der Waals surface area contributed by atoms with Gasteiger partial charge in [0.05, 0.1) is 10.6 Å². The molecule has 1 N–H and O–H groups in total. The Morgan fingerprint density at radius 1 is 0.897 bits per heavy atom. The van der Waals surface area contributed by atoms with Gasteiger partial charge >= 0.3 is 0 Å². The van der Waals surface area contributed by atoms with E-state index in [-0.39, 0.29) is 17.1 Å². The second kappa shape index (κ2) is 12.0. The SMILES string of the molecule is O=C(CN(c1ccc(F)cc1)S(=O)(=O)c1ccc2c(c1)OCCO2)NCc1cccc(CN2CCCCC2)c1. The number of halogens is 1. The van der Waals surface area contributed by atoms with Crippen LogP contribution in [0.1, 0.15) is 30.4 Å². The highest BCUT2D eigenvalue weighted by Crippen LogP contribution is 2.34. The number of amides is 1. The Morgan fingerprint density at radius 3 is 2.38 bits per heavy atom. The van der Waals surface area contributed by atoms with E-state index in [1.54, 1.807) is 0 Å². The predicted octanol–water partition coefficient (Wildman–Crippen LogP) is 4.09. The van der Waals surface area contributed by atoms with Crippen molar-refractivity contribution in [2.24, 2.45) is 0 Å². The molecule has 0 spiro atoms. The van der Waals surface area contributed by atoms with Crippen molar-refractivity contribution in [3.05, 3.63) is 83.7 Å². The van der Waals surface area contributed by atoms with Gasteiger partial charge in [0.1, 0.15) is 25.6 Å². The average Bonchev–Trinajstić information content (AvgIpc) is 2.96. The molecule has 2 aliphatic rings. The van der Waals surface area contributed by atoms with Crippen LogP contribution in [-0.2, 0) is 27.9 Å². The van der Waals surface area contributed by atoms with Crippen molar-refractivity contribution in [3.8, 4) is 11.5 Å². The van der Waals surface area contributed by atoms with Crippen molar-refractivity contribution in [3.63, 3.8) is 0 Å². The van der Waals surface area contributed by atoms with Crippen molar-refractivity contribution in [1.29, 1.82) is 0 Å². The van der Waals surface area contributed by atoms with Crippen LogP contribution in [0.3, 0.4) is 0 Å². The average molecular weight is 554 g/mol. The first-order valence-corrected chi connectivity index (χ1v) is 14.6. The molecule has 0 unspecified atom stereocenters. The van der Waals surface area contributed by atoms with Crippen LogP contribution in [0.5, 0.6) is 11.5 Å². The minimum Gasteiger partial charge on any atom is -0.486 e. The molecule has 8 nitrogen and oxygen atoms in total. The molecule has 1 saturated heterocycles. The molecule has 2 heterocycles. The molecule has 3 aromatic rings. The second-order valence-corrected chi connectivity index (χ2v) is 11.6. The van der Waals surface area contributed by atoms with E-state index in [0.717, 1.165) is 41.6 Å². The van der Waals surface area contributed by atoms with E-state index < -0.39 is 28.3 Å². The molecular formula is C29H32FN3O5S. The first kappa shape index (κ1) is 27.0. The van der Waals surface area contributed by atoms with Crippen LogP contribution < -0.4 is 19.1 Å². The fraction of sp³-hybridized carbons (Fsp3) is 0.345. The molecule has 2 aliphatic heterocycles. The molecule has 0 aromatic heterocycles. The number of nitrogens with one attached hydrogen (secondary N) is 1. The number of piperidine rings is 1. The minimum absolute atomic E-state index is 0.0608. The summed E-state index contributed by atoms with van der Waals surface area (Å²) in [5, 5.41) is 2.84. The smallest absolute Gasteiger partial charge is 0.264 e. The Bertz CT molecular complexity index is 1410. The molecule has 3 aromatic carbocycles. The largest absolute Gasteiger partial charge is 0.486 e. The summed E-state index contributed by atoms with van der Waals surface area (Å²) < 4.78 is 53.0. The van der Waals surface area contributed by atoms with Crippen LogP contribution in [0.15, 0.2) is 71.6 Å². The van der Waals surface area contributed by atoms with Crippen molar-refractivity contribution in [2.45, 2.75) is 37.2 Å². The van der Waals surface area contributed by atoms with Crippen LogP contribution >= 0.6 is 0 Å². The predicted molar refractivity (Wildman–Crippen MR) is 146 cm³/mol. The molecule has 39 heavy (non-hydrogen) atoms. The number of benzene rings is 3. The fourth-order valence-electron chi connectivity index (χ4n) is 4.83. The lowest BCUT2D eigenvalue weighted by atomic mass is 10.1. The summed E-state index contributed by atoms with van der Waals surface area (Å²) in [5.41, 5.74) is 2.28. The number of fused-ring (bicyclic) bond motifs is 1. The highest BCUT2D eigenvalue weighted by Gasteiger charge is 2.29. The Morgan fingerprint density at radius 2 is 1.62 bits per heavy atom. The lowest BCUT2D eigenvalue weighted by Crippen LogP contribution is -2.40. The van der Waals surface area contributed by atoms with E-state index in [2.05, 4.69) is 22.3 Å². The molecular weight excluding hydrogens is 521 g/mol. The first-order valence-electron chi connectivity index (χ1n) is 13.1. The maximum absolute atomic E-state index is 13.7. The van der Waals surface area contributed by atoms with Gasteiger partial charge in [0.2, 0.25) is 5.91 Å². The van der Waals surface area contributed by atoms with Gasteiger partial charge in [-0.15, -0.1) is 0 Å². The topological polar surface area (TPSA) is 88.2 Å². The van der Waals surface area contributed by atoms with Crippen LogP contribution in [0.25, 0.3) is 0 Å². The second-order valence-electron chi connectivity index (χ2n) is 9.73. The van der Waals surface area contributed by atoms with E-state index in [1.165, 1.54) is 55.2 Å². The van der Waals surface area contributed by atoms with E-state index in [0.29, 0.717) is 24.7 Å². The minimum atomic E-state index is -4.19. The number of rotatable bonds is 9. The van der Waals surface area contributed by atoms with Gasteiger partial charge in [-0.05, 0) is 73.5 Å². The molecule has 0 atom stereocenters. The van der Waals surface area contributed by atoms with E-state index in [9.17, 15) is 17.6 Å². The van der Waals surface area contributed by atoms with Gasteiger partial charge in [-0.25, -0.2) is 12.8 Å². The standard InChI is InChI=1S/C29H32FN3O5S/c30-24-7-9-25(10-8-24)33(39(35,36)26-11-12-27-28(18-26)38-16-15-37-27)21-29(34)31-19-22-5-4-6-23(17-22)20-32-13-2-1-3-14-32/h4-12,17-18H,1-3,13-16,19-21H2,(H,31,34). The molecule has 206 valence electrons. The summed E-state index contributed by atoms with van der Waals surface area (Å²) in [6, 6.07) is 17.4. The Hall–Kier alpha value is -3.63. The van der Waals surface area contributed by atoms with Crippen LogP contribution in [0.4, 0.5) is 10.1 Å². The molecule has 0 radical (unpaired) electrons. The van der Waals surface area contributed by atoms with Crippen LogP contribution in [-0.4, -0.2) is 52.1 Å². The molecule has 0 bridgehead atoms. The molecule has 0 saturated carbocycles. The number of sulfonamides is 1. The molecule has 10 heteroatoms. The van der Waals surface area contributed by atoms with Crippen molar-refractivity contribution < 1.29 is 27.1 Å². The van der Waals surface area contributed by atoms with Gasteiger partial charge in [0.25, 0.3) is 10.0 Å². The van der Waals surface area contributed by atoms with Crippen LogP contribution in [0, 0.1) is 5.82 Å². The normalized spacial score (nSPS) is 15.5. The summed E-state index contributed by atoms with van der Waals surface area (Å²) in [7, 11) is -4.19. The van der Waals surface area contributed by atoms with Gasteiger partial charge < -0.3 is 14.8 Å². The fourth-order valence-corrected chi connectivity index (χ4v) is 6.27. The third kappa shape index (κ3) is 6.69. The zero-order valence-electron chi connectivity index (χ0n) is 21.6. The van der Waals surface area contributed by atoms with Gasteiger partial charge in [0.15, 0.2) is 11.5 Å². The maximum Gasteiger partial charge on any atom is 0.264 e. The number of hydrogen-bond donors (Lipinski definition) is 1. The highest BCUT2D eigenvalue weighted by molar-refractivity contribution is 7.92. The lowest BCUT2D eigenvalue weighted by Gasteiger charge is -2.26. The molecule has 5 rings (SSSR count). The number of carbonyl (C=O) groups is 1. The number of hydrogen-bond acceptors (Lipinski definition) is 6. The highest BCUT2D eigenvalue weighted by atomic mass is 32.2. The van der Waals surface area contributed by atoms with E-state index >= 15 is 0 Å². The van der Waals surface area contributed by atoms with Gasteiger partial charge in [-0.2, -0.15) is 0 Å². The first-order chi connectivity index (χ1) is 18.9. The summed E-state index contributed by atoms with van der Waals surface area (Å²) in [5.74, 6) is -0.227. The molecule has 1 amide bonds. The van der Waals surface area contributed by atoms with Gasteiger partial charge in [-0.1, -0.05) is 30.7 Å². The Labute approximate surface area is 228 Å². The van der Waals surface area contributed by atoms with Crippen molar-refractivity contribution in [2.75, 3.05) is 37.2 Å². The summed E-state index contributed by atoms with van der Waals surface area (Å²) in [4.78, 5) is 15.4. The molecule has 0 aliphatic carbocycles. The van der Waals surface area contributed by atoms with Crippen molar-refractivity contribution >= 4 is 21.6 Å². The third-order valence-corrected chi connectivity index (χ3v) is 8.61. The van der Waals surface area contributed by atoms with Crippen molar-refractivity contribution in [1.82, 2.24) is 10.2 Å². The van der Waals surface area contributed by atoms with Gasteiger partial charge in [-0.3, -0.25) is 14.0 Å². The quantitative estimate of drug-likeness (QED) is 0.430. The monoisotopic (exact) mass is 553 g/mol. The Kier molecular flexibility index (Phi) is 8.33. The number of nitrogens with zero attached hydrogens (tertiary/aromatic N) is 2. The number of carbonyl (C=O) groups excluding carboxylic acids is 1. The summed E-state index contributed by atoms with van der Waals surface area (Å²) in [6.45, 7) is 3.52. The zero-order chi connectivity index (χ0) is 27.2. The van der Waals surface area contributed by atoms with Gasteiger partial charge in [0, 0.05) is 19.2 Å². The maximum atomic E-state index is 13.7. The van der Waals surface area contributed by atoms with E-state index in [1.807, 2.05) is 12.1 Å². The number of ether oxygens (including phenoxy) is 2. The van der Waals surface area contributed by atoms with Crippen LogP contribution in [0.2, 0.25) is 0 Å². The summed E-state index contributed by atoms with van der Waals surface area (Å²) in [6.07, 6.45) is 3.72. The number of anilines is 1. The zero-order valence-corrected chi connectivity index (χ0v) is 22.5. The summed E-state index contributed by atoms with van der Waals surface area (Å²) >= 11 is 0. The third-order valence-electron chi connectivity index (χ3n) is 6.84. The van der Waals surface area contributed by atoms with E-state index in [4.69, 9.17) is 9.47 Å². The number of likely N-dealkylation sites (tertiary alicyclic amines) is 1. The molecule has 1 fully saturated rings. The Balaban J connectivity index is 1.30.